The molecule has 5 nitrogen and oxygen atoms in total. The van der Waals surface area contributed by atoms with E-state index < -0.39 is 5.97 Å². The number of anilines is 1. The molecule has 3 aromatic carbocycles. The molecule has 0 bridgehead atoms. The lowest BCUT2D eigenvalue weighted by Gasteiger charge is -2.07. The number of rotatable bonds is 6. The van der Waals surface area contributed by atoms with Gasteiger partial charge in [0.25, 0.3) is 5.91 Å². The molecule has 0 unspecified atom stereocenters. The number of thiazole rings is 1. The highest BCUT2D eigenvalue weighted by molar-refractivity contribution is 7.15. The largest absolute Gasteiger partial charge is 0.481 e. The van der Waals surface area contributed by atoms with Gasteiger partial charge in [0, 0.05) is 23.9 Å². The number of carbonyl (C=O) groups excluding carboxylic acids is 1. The van der Waals surface area contributed by atoms with Crippen LogP contribution in [0, 0.1) is 0 Å². The number of aryl methyl sites for hydroxylation is 1. The summed E-state index contributed by atoms with van der Waals surface area (Å²) < 4.78 is 0. The van der Waals surface area contributed by atoms with E-state index in [9.17, 15) is 9.59 Å². The molecular weight excluding hydrogens is 384 g/mol. The molecule has 6 heteroatoms. The van der Waals surface area contributed by atoms with Gasteiger partial charge in [-0.05, 0) is 40.6 Å². The molecule has 4 rings (SSSR count). The molecule has 0 spiro atoms. The molecule has 144 valence electrons. The number of nitrogens with zero attached hydrogens (tertiary/aromatic N) is 1. The van der Waals surface area contributed by atoms with Gasteiger partial charge in [-0.3, -0.25) is 9.59 Å². The summed E-state index contributed by atoms with van der Waals surface area (Å²) in [6, 6.07) is 21.1. The minimum atomic E-state index is -0.826. The average molecular weight is 402 g/mol. The number of aromatic nitrogens is 1. The number of hydrogen-bond acceptors (Lipinski definition) is 4. The van der Waals surface area contributed by atoms with E-state index in [1.807, 2.05) is 66.7 Å². The predicted molar refractivity (Wildman–Crippen MR) is 115 cm³/mol. The van der Waals surface area contributed by atoms with Crippen LogP contribution in [0.1, 0.15) is 21.8 Å². The van der Waals surface area contributed by atoms with Gasteiger partial charge < -0.3 is 10.4 Å². The normalized spacial score (nSPS) is 10.8. The zero-order chi connectivity index (χ0) is 20.2. The van der Waals surface area contributed by atoms with Crippen LogP contribution in [0.15, 0.2) is 72.9 Å². The van der Waals surface area contributed by atoms with E-state index in [1.165, 1.54) is 11.3 Å². The molecule has 4 aromatic rings. The Bertz CT molecular complexity index is 1180. The van der Waals surface area contributed by atoms with E-state index >= 15 is 0 Å². The number of nitrogens with one attached hydrogen (secondary N) is 1. The van der Waals surface area contributed by atoms with Crippen LogP contribution in [0.2, 0.25) is 0 Å². The topological polar surface area (TPSA) is 79.3 Å². The Morgan fingerprint density at radius 3 is 2.48 bits per heavy atom. The number of carbonyl (C=O) groups is 2. The highest BCUT2D eigenvalue weighted by Crippen LogP contribution is 2.28. The monoisotopic (exact) mass is 402 g/mol. The molecule has 1 amide bonds. The van der Waals surface area contributed by atoms with Crippen molar-refractivity contribution in [2.45, 2.75) is 12.8 Å². The standard InChI is InChI=1S/C23H18N2O3S/c26-22(27)12-11-21-24-14-20(29-21)16-7-9-19(10-8-16)25-23(28)18-6-5-15-3-1-2-4-17(15)13-18/h1-10,13-14H,11-12H2,(H,25,28)(H,26,27). The van der Waals surface area contributed by atoms with E-state index in [0.29, 0.717) is 17.7 Å². The van der Waals surface area contributed by atoms with Gasteiger partial charge in [-0.25, -0.2) is 4.98 Å². The molecule has 1 heterocycles. The van der Waals surface area contributed by atoms with Crippen molar-refractivity contribution in [3.8, 4) is 10.4 Å². The van der Waals surface area contributed by atoms with E-state index in [4.69, 9.17) is 5.11 Å². The molecule has 0 radical (unpaired) electrons. The fourth-order valence-electron chi connectivity index (χ4n) is 3.02. The first-order chi connectivity index (χ1) is 14.1. The van der Waals surface area contributed by atoms with E-state index in [1.54, 1.807) is 6.20 Å². The third-order valence-corrected chi connectivity index (χ3v) is 5.65. The lowest BCUT2D eigenvalue weighted by Crippen LogP contribution is -2.11. The van der Waals surface area contributed by atoms with Crippen LogP contribution >= 0.6 is 11.3 Å². The SMILES string of the molecule is O=C(O)CCc1ncc(-c2ccc(NC(=O)c3ccc4ccccc4c3)cc2)s1. The van der Waals surface area contributed by atoms with Crippen LogP contribution in [-0.4, -0.2) is 22.0 Å². The highest BCUT2D eigenvalue weighted by Gasteiger charge is 2.09. The quantitative estimate of drug-likeness (QED) is 0.463. The second-order valence-corrected chi connectivity index (χ2v) is 7.72. The summed E-state index contributed by atoms with van der Waals surface area (Å²) in [5, 5.41) is 14.6. The van der Waals surface area contributed by atoms with Crippen molar-refractivity contribution in [1.29, 1.82) is 0 Å². The summed E-state index contributed by atoms with van der Waals surface area (Å²) >= 11 is 1.48. The van der Waals surface area contributed by atoms with Crippen molar-refractivity contribution < 1.29 is 14.7 Å². The zero-order valence-corrected chi connectivity index (χ0v) is 16.3. The van der Waals surface area contributed by atoms with Crippen LogP contribution in [0.4, 0.5) is 5.69 Å². The molecule has 0 atom stereocenters. The van der Waals surface area contributed by atoms with Crippen LogP contribution in [0.3, 0.4) is 0 Å². The maximum atomic E-state index is 12.6. The first-order valence-electron chi connectivity index (χ1n) is 9.15. The third kappa shape index (κ3) is 4.50. The molecule has 0 aliphatic rings. The molecule has 2 N–H and O–H groups in total. The van der Waals surface area contributed by atoms with Gasteiger partial charge in [0.15, 0.2) is 0 Å². The van der Waals surface area contributed by atoms with Crippen LogP contribution < -0.4 is 5.32 Å². The summed E-state index contributed by atoms with van der Waals surface area (Å²) in [5.74, 6) is -0.981. The van der Waals surface area contributed by atoms with Gasteiger partial charge in [-0.2, -0.15) is 0 Å². The van der Waals surface area contributed by atoms with E-state index in [0.717, 1.165) is 26.2 Å². The summed E-state index contributed by atoms with van der Waals surface area (Å²) in [7, 11) is 0. The maximum absolute atomic E-state index is 12.6. The van der Waals surface area contributed by atoms with Gasteiger partial charge >= 0.3 is 5.97 Å². The Morgan fingerprint density at radius 2 is 1.72 bits per heavy atom. The Balaban J connectivity index is 1.45. The van der Waals surface area contributed by atoms with Crippen molar-refractivity contribution >= 4 is 39.7 Å². The number of hydrogen-bond donors (Lipinski definition) is 2. The summed E-state index contributed by atoms with van der Waals surface area (Å²) in [6.45, 7) is 0. The number of amides is 1. The number of fused-ring (bicyclic) bond motifs is 1. The molecule has 0 aliphatic heterocycles. The highest BCUT2D eigenvalue weighted by atomic mass is 32.1. The third-order valence-electron chi connectivity index (χ3n) is 4.55. The van der Waals surface area contributed by atoms with Gasteiger partial charge in [0.1, 0.15) is 0 Å². The van der Waals surface area contributed by atoms with Crippen molar-refractivity contribution in [3.05, 3.63) is 83.5 Å². The molecule has 1 aromatic heterocycles. The zero-order valence-electron chi connectivity index (χ0n) is 15.5. The predicted octanol–water partition coefficient (Wildman–Crippen LogP) is 5.23. The van der Waals surface area contributed by atoms with Crippen LogP contribution in [0.25, 0.3) is 21.2 Å². The van der Waals surface area contributed by atoms with Gasteiger partial charge in [-0.1, -0.05) is 42.5 Å². The lowest BCUT2D eigenvalue weighted by molar-refractivity contribution is -0.136. The lowest BCUT2D eigenvalue weighted by atomic mass is 10.1. The Hall–Kier alpha value is -3.51. The summed E-state index contributed by atoms with van der Waals surface area (Å²) in [5.41, 5.74) is 2.30. The van der Waals surface area contributed by atoms with Gasteiger partial charge in [0.05, 0.1) is 16.3 Å². The van der Waals surface area contributed by atoms with Crippen molar-refractivity contribution in [2.75, 3.05) is 5.32 Å². The minimum absolute atomic E-state index is 0.0761. The smallest absolute Gasteiger partial charge is 0.303 e. The number of benzene rings is 3. The van der Waals surface area contributed by atoms with Crippen molar-refractivity contribution in [3.63, 3.8) is 0 Å². The molecule has 0 fully saturated rings. The first-order valence-corrected chi connectivity index (χ1v) is 9.97. The average Bonchev–Trinajstić information content (AvgIpc) is 3.21. The van der Waals surface area contributed by atoms with Crippen LogP contribution in [-0.2, 0) is 11.2 Å². The molecular formula is C23H18N2O3S. The van der Waals surface area contributed by atoms with E-state index in [2.05, 4.69) is 10.3 Å². The molecule has 0 saturated heterocycles. The first kappa shape index (κ1) is 18.8. The Morgan fingerprint density at radius 1 is 0.966 bits per heavy atom. The number of aliphatic carboxylic acids is 1. The van der Waals surface area contributed by atoms with Crippen molar-refractivity contribution in [2.24, 2.45) is 0 Å². The Labute approximate surface area is 171 Å². The van der Waals surface area contributed by atoms with Crippen LogP contribution in [0.5, 0.6) is 0 Å². The second-order valence-electron chi connectivity index (χ2n) is 6.61. The summed E-state index contributed by atoms with van der Waals surface area (Å²) in [4.78, 5) is 28.5. The Kier molecular flexibility index (Phi) is 5.35. The fraction of sp³-hybridized carbons (Fsp3) is 0.0870. The minimum Gasteiger partial charge on any atom is -0.481 e. The van der Waals surface area contributed by atoms with Gasteiger partial charge in [0.2, 0.25) is 0 Å². The van der Waals surface area contributed by atoms with Crippen molar-refractivity contribution in [1.82, 2.24) is 4.98 Å². The maximum Gasteiger partial charge on any atom is 0.303 e. The van der Waals surface area contributed by atoms with Gasteiger partial charge in [-0.15, -0.1) is 11.3 Å². The number of carboxylic acid groups (broad SMARTS) is 1. The number of carboxylic acids is 1. The van der Waals surface area contributed by atoms with E-state index in [-0.39, 0.29) is 12.3 Å². The summed E-state index contributed by atoms with van der Waals surface area (Å²) in [6.07, 6.45) is 2.26. The molecule has 29 heavy (non-hydrogen) atoms. The molecule has 0 saturated carbocycles. The fourth-order valence-corrected chi connectivity index (χ4v) is 3.95. The second kappa shape index (κ2) is 8.24. The molecule has 0 aliphatic carbocycles.